The van der Waals surface area contributed by atoms with Gasteiger partial charge < -0.3 is 16.0 Å². The third-order valence-corrected chi connectivity index (χ3v) is 5.55. The van der Waals surface area contributed by atoms with Crippen LogP contribution in [0.2, 0.25) is 0 Å². The van der Waals surface area contributed by atoms with Gasteiger partial charge in [0.2, 0.25) is 5.91 Å². The van der Waals surface area contributed by atoms with E-state index in [2.05, 4.69) is 43.6 Å². The van der Waals surface area contributed by atoms with Gasteiger partial charge in [0.15, 0.2) is 0 Å². The Morgan fingerprint density at radius 3 is 2.33 bits per heavy atom. The first-order valence-electron chi connectivity index (χ1n) is 8.64. The smallest absolute Gasteiger partial charge is 0.261 e. The lowest BCUT2D eigenvalue weighted by molar-refractivity contribution is -0.117. The molecule has 2 amide bonds. The summed E-state index contributed by atoms with van der Waals surface area (Å²) in [5, 5.41) is 10.4. The quantitative estimate of drug-likeness (QED) is 0.782. The van der Waals surface area contributed by atoms with Gasteiger partial charge in [0.1, 0.15) is 0 Å². The first kappa shape index (κ1) is 17.4. The van der Waals surface area contributed by atoms with E-state index in [1.54, 1.807) is 6.07 Å². The van der Waals surface area contributed by atoms with Crippen LogP contribution in [0.1, 0.15) is 63.0 Å². The molecule has 1 aromatic heterocycles. The summed E-state index contributed by atoms with van der Waals surface area (Å²) in [5.74, 6) is 0.194. The van der Waals surface area contributed by atoms with Crippen molar-refractivity contribution in [3.05, 3.63) is 17.0 Å². The summed E-state index contributed by atoms with van der Waals surface area (Å²) in [6, 6.07) is 3.76. The lowest BCUT2D eigenvalue weighted by Gasteiger charge is -2.46. The summed E-state index contributed by atoms with van der Waals surface area (Å²) in [6.07, 6.45) is 3.76. The molecular formula is C18H27N3O2S. The Balaban J connectivity index is 1.60. The van der Waals surface area contributed by atoms with Crippen molar-refractivity contribution in [2.45, 2.75) is 70.5 Å². The van der Waals surface area contributed by atoms with Crippen LogP contribution < -0.4 is 16.0 Å². The molecule has 2 aliphatic rings. The van der Waals surface area contributed by atoms with Crippen molar-refractivity contribution >= 4 is 28.2 Å². The van der Waals surface area contributed by atoms with Gasteiger partial charge in [-0.25, -0.2) is 0 Å². The zero-order valence-corrected chi connectivity index (χ0v) is 15.7. The number of hydrogen-bond acceptors (Lipinski definition) is 4. The third-order valence-electron chi connectivity index (χ3n) is 4.55. The largest absolute Gasteiger partial charge is 0.348 e. The zero-order chi connectivity index (χ0) is 17.5. The minimum Gasteiger partial charge on any atom is -0.348 e. The van der Waals surface area contributed by atoms with Crippen molar-refractivity contribution in [3.8, 4) is 0 Å². The van der Waals surface area contributed by atoms with Gasteiger partial charge in [0, 0.05) is 23.0 Å². The maximum absolute atomic E-state index is 12.5. The van der Waals surface area contributed by atoms with E-state index >= 15 is 0 Å². The number of amides is 2. The van der Waals surface area contributed by atoms with Crippen molar-refractivity contribution < 1.29 is 9.59 Å². The molecule has 0 radical (unpaired) electrons. The molecule has 1 saturated heterocycles. The molecule has 0 unspecified atom stereocenters. The Morgan fingerprint density at radius 1 is 1.12 bits per heavy atom. The van der Waals surface area contributed by atoms with Crippen molar-refractivity contribution in [2.24, 2.45) is 5.92 Å². The average Bonchev–Trinajstić information content (AvgIpc) is 3.15. The second kappa shape index (κ2) is 6.15. The summed E-state index contributed by atoms with van der Waals surface area (Å²) < 4.78 is 0. The van der Waals surface area contributed by atoms with Crippen molar-refractivity contribution in [3.63, 3.8) is 0 Å². The second-order valence-corrected chi connectivity index (χ2v) is 9.48. The zero-order valence-electron chi connectivity index (χ0n) is 14.9. The maximum Gasteiger partial charge on any atom is 0.261 e. The standard InChI is InChI=1S/C18H27N3O2S/c1-17(2)9-12(10-18(3,4)21-17)19-16(23)13-7-8-14(24-13)20-15(22)11-5-6-11/h7-8,11-12,21H,5-6,9-10H2,1-4H3,(H,19,23)(H,20,22). The first-order valence-corrected chi connectivity index (χ1v) is 9.46. The third kappa shape index (κ3) is 4.36. The predicted octanol–water partition coefficient (Wildman–Crippen LogP) is 3.14. The summed E-state index contributed by atoms with van der Waals surface area (Å²) in [5.41, 5.74) is -0.00289. The summed E-state index contributed by atoms with van der Waals surface area (Å²) >= 11 is 1.34. The van der Waals surface area contributed by atoms with Gasteiger partial charge in [0.05, 0.1) is 9.88 Å². The van der Waals surface area contributed by atoms with Crippen LogP contribution in [-0.4, -0.2) is 28.9 Å². The van der Waals surface area contributed by atoms with Gasteiger partial charge in [0.25, 0.3) is 5.91 Å². The molecule has 5 nitrogen and oxygen atoms in total. The van der Waals surface area contributed by atoms with Crippen LogP contribution in [0.25, 0.3) is 0 Å². The highest BCUT2D eigenvalue weighted by atomic mass is 32.1. The molecule has 3 N–H and O–H groups in total. The fraction of sp³-hybridized carbons (Fsp3) is 0.667. The normalized spacial score (nSPS) is 22.8. The molecule has 0 bridgehead atoms. The van der Waals surface area contributed by atoms with Crippen LogP contribution in [0.3, 0.4) is 0 Å². The van der Waals surface area contributed by atoms with Crippen molar-refractivity contribution in [1.82, 2.24) is 10.6 Å². The van der Waals surface area contributed by atoms with Gasteiger partial charge >= 0.3 is 0 Å². The lowest BCUT2D eigenvalue weighted by Crippen LogP contribution is -2.62. The van der Waals surface area contributed by atoms with Crippen LogP contribution >= 0.6 is 11.3 Å². The SMILES string of the molecule is CC1(C)CC(NC(=O)c2ccc(NC(=O)C3CC3)s2)CC(C)(C)N1. The topological polar surface area (TPSA) is 70.2 Å². The van der Waals surface area contributed by atoms with E-state index in [4.69, 9.17) is 0 Å². The van der Waals surface area contributed by atoms with Gasteiger partial charge in [-0.15, -0.1) is 11.3 Å². The molecule has 2 fully saturated rings. The number of carbonyl (C=O) groups is 2. The number of thiophene rings is 1. The first-order chi connectivity index (χ1) is 11.1. The molecule has 0 aromatic carbocycles. The number of anilines is 1. The molecular weight excluding hydrogens is 322 g/mol. The highest BCUT2D eigenvalue weighted by Crippen LogP contribution is 2.32. The molecule has 3 rings (SSSR count). The van der Waals surface area contributed by atoms with E-state index in [1.165, 1.54) is 11.3 Å². The molecule has 1 aliphatic carbocycles. The molecule has 0 atom stereocenters. The molecule has 6 heteroatoms. The van der Waals surface area contributed by atoms with E-state index in [1.807, 2.05) is 6.07 Å². The molecule has 1 saturated carbocycles. The highest BCUT2D eigenvalue weighted by molar-refractivity contribution is 7.18. The molecule has 1 aliphatic heterocycles. The van der Waals surface area contributed by atoms with Crippen LogP contribution in [-0.2, 0) is 4.79 Å². The van der Waals surface area contributed by atoms with E-state index in [9.17, 15) is 9.59 Å². The fourth-order valence-electron chi connectivity index (χ4n) is 3.78. The molecule has 132 valence electrons. The Kier molecular flexibility index (Phi) is 4.47. The van der Waals surface area contributed by atoms with Crippen LogP contribution in [0.4, 0.5) is 5.00 Å². The molecule has 1 aromatic rings. The Labute approximate surface area is 147 Å². The second-order valence-electron chi connectivity index (χ2n) is 8.40. The maximum atomic E-state index is 12.5. The predicted molar refractivity (Wildman–Crippen MR) is 97.5 cm³/mol. The van der Waals surface area contributed by atoms with Gasteiger partial charge in [-0.05, 0) is 65.5 Å². The van der Waals surface area contributed by atoms with Crippen LogP contribution in [0, 0.1) is 5.92 Å². The minimum atomic E-state index is -0.0505. The highest BCUT2D eigenvalue weighted by Gasteiger charge is 2.38. The summed E-state index contributed by atoms with van der Waals surface area (Å²) in [4.78, 5) is 25.0. The number of carbonyl (C=O) groups excluding carboxylic acids is 2. The summed E-state index contributed by atoms with van der Waals surface area (Å²) in [6.45, 7) is 8.68. The van der Waals surface area contributed by atoms with Crippen LogP contribution in [0.5, 0.6) is 0 Å². The summed E-state index contributed by atoms with van der Waals surface area (Å²) in [7, 11) is 0. The van der Waals surface area contributed by atoms with Gasteiger partial charge in [-0.1, -0.05) is 0 Å². The number of hydrogen-bond donors (Lipinski definition) is 3. The Morgan fingerprint density at radius 2 is 1.75 bits per heavy atom. The number of piperidine rings is 1. The number of rotatable bonds is 4. The molecule has 0 spiro atoms. The van der Waals surface area contributed by atoms with E-state index in [-0.39, 0.29) is 34.9 Å². The minimum absolute atomic E-state index is 0.00144. The average molecular weight is 350 g/mol. The van der Waals surface area contributed by atoms with E-state index in [0.717, 1.165) is 30.7 Å². The van der Waals surface area contributed by atoms with Crippen molar-refractivity contribution in [2.75, 3.05) is 5.32 Å². The Bertz CT molecular complexity index is 630. The van der Waals surface area contributed by atoms with Crippen LogP contribution in [0.15, 0.2) is 12.1 Å². The van der Waals surface area contributed by atoms with E-state index < -0.39 is 0 Å². The van der Waals surface area contributed by atoms with Gasteiger partial charge in [-0.2, -0.15) is 0 Å². The van der Waals surface area contributed by atoms with Gasteiger partial charge in [-0.3, -0.25) is 9.59 Å². The van der Waals surface area contributed by atoms with E-state index in [0.29, 0.717) is 4.88 Å². The number of nitrogens with one attached hydrogen (secondary N) is 3. The Hall–Kier alpha value is -1.40. The molecule has 2 heterocycles. The molecule has 24 heavy (non-hydrogen) atoms. The monoisotopic (exact) mass is 349 g/mol. The fourth-order valence-corrected chi connectivity index (χ4v) is 4.59. The van der Waals surface area contributed by atoms with Crippen molar-refractivity contribution in [1.29, 1.82) is 0 Å². The lowest BCUT2D eigenvalue weighted by atomic mass is 9.79.